The molecule has 0 aromatic rings. The Morgan fingerprint density at radius 2 is 0.732 bits per heavy atom. The Hall–Kier alpha value is -1.42. The van der Waals surface area contributed by atoms with Gasteiger partial charge in [-0.15, -0.1) is 0 Å². The Labute approximate surface area is 351 Å². The predicted octanol–water partition coefficient (Wildman–Crippen LogP) is 16.6. The van der Waals surface area contributed by atoms with Crippen molar-refractivity contribution in [3.8, 4) is 0 Å². The highest BCUT2D eigenvalue weighted by Crippen LogP contribution is 2.16. The van der Waals surface area contributed by atoms with Crippen LogP contribution in [0.15, 0.2) is 24.3 Å². The maximum absolute atomic E-state index is 12.4. The molecule has 0 bridgehead atoms. The van der Waals surface area contributed by atoms with Crippen molar-refractivity contribution in [3.63, 3.8) is 0 Å². The van der Waals surface area contributed by atoms with Crippen molar-refractivity contribution >= 4 is 11.7 Å². The highest BCUT2D eigenvalue weighted by atomic mass is 16.3. The van der Waals surface area contributed by atoms with Crippen molar-refractivity contribution < 1.29 is 14.7 Å². The molecule has 1 unspecified atom stereocenters. The molecule has 0 rings (SSSR count). The minimum atomic E-state index is -0.0696. The summed E-state index contributed by atoms with van der Waals surface area (Å²) >= 11 is 0. The summed E-state index contributed by atoms with van der Waals surface area (Å²) in [7, 11) is 0. The van der Waals surface area contributed by atoms with Crippen LogP contribution in [0.4, 0.5) is 0 Å². The average Bonchev–Trinajstić information content (AvgIpc) is 3.20. The largest absolute Gasteiger partial charge is 0.394 e. The van der Waals surface area contributed by atoms with Gasteiger partial charge in [-0.1, -0.05) is 231 Å². The van der Waals surface area contributed by atoms with E-state index in [1.807, 2.05) is 0 Å². The van der Waals surface area contributed by atoms with Crippen LogP contribution in [-0.2, 0) is 9.59 Å². The van der Waals surface area contributed by atoms with Gasteiger partial charge < -0.3 is 10.4 Å². The zero-order chi connectivity index (χ0) is 40.7. The zero-order valence-electron chi connectivity index (χ0n) is 38.1. The number of aliphatic hydroxyl groups excluding tert-OH is 1. The first kappa shape index (κ1) is 54.6. The van der Waals surface area contributed by atoms with Crippen molar-refractivity contribution in [1.29, 1.82) is 0 Å². The van der Waals surface area contributed by atoms with Crippen LogP contribution in [0.3, 0.4) is 0 Å². The number of carbonyl (C=O) groups excluding carboxylic acids is 2. The van der Waals surface area contributed by atoms with E-state index < -0.39 is 0 Å². The van der Waals surface area contributed by atoms with Gasteiger partial charge in [-0.3, -0.25) is 9.59 Å². The molecule has 0 spiro atoms. The van der Waals surface area contributed by atoms with Crippen molar-refractivity contribution in [2.75, 3.05) is 6.61 Å². The van der Waals surface area contributed by atoms with E-state index in [0.29, 0.717) is 12.2 Å². The van der Waals surface area contributed by atoms with Gasteiger partial charge in [0.05, 0.1) is 12.6 Å². The molecule has 0 aliphatic carbocycles. The zero-order valence-corrected chi connectivity index (χ0v) is 38.1. The summed E-state index contributed by atoms with van der Waals surface area (Å²) in [5.41, 5.74) is 0. The molecular formula is C52H99NO3. The Kier molecular flexibility index (Phi) is 46.7. The number of aliphatic hydroxyl groups is 1. The van der Waals surface area contributed by atoms with Crippen LogP contribution in [0, 0.1) is 0 Å². The number of amides is 1. The van der Waals surface area contributed by atoms with Gasteiger partial charge in [0.15, 0.2) is 0 Å². The van der Waals surface area contributed by atoms with E-state index in [0.717, 1.165) is 57.8 Å². The topological polar surface area (TPSA) is 66.4 Å². The Balaban J connectivity index is 3.39. The molecule has 1 atom stereocenters. The number of unbranched alkanes of at least 4 members (excludes halogenated alkanes) is 33. The molecule has 1 amide bonds. The SMILES string of the molecule is CCCCCC=CCC=CCCCCCCCC(=O)CCCCCCCCCCCCCCCC(=O)NC(CO)CCCCCCCCCCCCCCCC. The second-order valence-corrected chi connectivity index (χ2v) is 17.4. The van der Waals surface area contributed by atoms with E-state index in [-0.39, 0.29) is 18.6 Å². The van der Waals surface area contributed by atoms with Crippen molar-refractivity contribution in [2.24, 2.45) is 0 Å². The minimum absolute atomic E-state index is 0.0581. The molecule has 0 radical (unpaired) electrons. The molecule has 56 heavy (non-hydrogen) atoms. The lowest BCUT2D eigenvalue weighted by molar-refractivity contribution is -0.122. The number of Topliss-reactive ketones (excluding diaryl/α,β-unsaturated/α-hetero) is 1. The van der Waals surface area contributed by atoms with Crippen LogP contribution < -0.4 is 5.32 Å². The number of ketones is 1. The van der Waals surface area contributed by atoms with Gasteiger partial charge in [-0.25, -0.2) is 0 Å². The number of allylic oxidation sites excluding steroid dienone is 4. The van der Waals surface area contributed by atoms with Crippen LogP contribution in [0.5, 0.6) is 0 Å². The molecule has 330 valence electrons. The van der Waals surface area contributed by atoms with Crippen LogP contribution >= 0.6 is 0 Å². The molecule has 4 nitrogen and oxygen atoms in total. The first-order chi connectivity index (χ1) is 27.6. The van der Waals surface area contributed by atoms with Crippen LogP contribution in [0.2, 0.25) is 0 Å². The van der Waals surface area contributed by atoms with Gasteiger partial charge in [-0.05, 0) is 57.8 Å². The monoisotopic (exact) mass is 786 g/mol. The molecule has 2 N–H and O–H groups in total. The van der Waals surface area contributed by atoms with E-state index in [1.165, 1.54) is 205 Å². The first-order valence-electron chi connectivity index (χ1n) is 25.4. The Morgan fingerprint density at radius 1 is 0.411 bits per heavy atom. The van der Waals surface area contributed by atoms with Crippen molar-refractivity contribution in [3.05, 3.63) is 24.3 Å². The first-order valence-corrected chi connectivity index (χ1v) is 25.4. The van der Waals surface area contributed by atoms with Gasteiger partial charge in [-0.2, -0.15) is 0 Å². The third-order valence-corrected chi connectivity index (χ3v) is 11.8. The molecule has 0 fully saturated rings. The predicted molar refractivity (Wildman–Crippen MR) is 248 cm³/mol. The van der Waals surface area contributed by atoms with Crippen molar-refractivity contribution in [2.45, 2.75) is 290 Å². The lowest BCUT2D eigenvalue weighted by atomic mass is 10.0. The third-order valence-electron chi connectivity index (χ3n) is 11.8. The van der Waals surface area contributed by atoms with Crippen molar-refractivity contribution in [1.82, 2.24) is 5.32 Å². The molecule has 0 saturated heterocycles. The number of carbonyl (C=O) groups is 2. The van der Waals surface area contributed by atoms with E-state index in [2.05, 4.69) is 43.5 Å². The summed E-state index contributed by atoms with van der Waals surface area (Å²) in [5.74, 6) is 0.605. The number of hydrogen-bond donors (Lipinski definition) is 2. The fourth-order valence-corrected chi connectivity index (χ4v) is 7.91. The summed E-state index contributed by atoms with van der Waals surface area (Å²) < 4.78 is 0. The van der Waals surface area contributed by atoms with Gasteiger partial charge in [0.25, 0.3) is 0 Å². The van der Waals surface area contributed by atoms with Crippen LogP contribution in [0.1, 0.15) is 284 Å². The van der Waals surface area contributed by atoms with Crippen LogP contribution in [0.25, 0.3) is 0 Å². The second-order valence-electron chi connectivity index (χ2n) is 17.4. The molecule has 0 heterocycles. The Bertz CT molecular complexity index is 851. The van der Waals surface area contributed by atoms with E-state index in [9.17, 15) is 14.7 Å². The lowest BCUT2D eigenvalue weighted by Crippen LogP contribution is -2.37. The summed E-state index contributed by atoms with van der Waals surface area (Å²) in [6, 6.07) is -0.0696. The number of nitrogens with one attached hydrogen (secondary N) is 1. The Morgan fingerprint density at radius 3 is 1.14 bits per heavy atom. The summed E-state index contributed by atoms with van der Waals surface area (Å²) in [4.78, 5) is 24.6. The van der Waals surface area contributed by atoms with Gasteiger partial charge in [0.2, 0.25) is 5.91 Å². The maximum atomic E-state index is 12.4. The molecule has 0 aromatic carbocycles. The van der Waals surface area contributed by atoms with Crippen LogP contribution in [-0.4, -0.2) is 29.4 Å². The van der Waals surface area contributed by atoms with E-state index in [4.69, 9.17) is 0 Å². The fourth-order valence-electron chi connectivity index (χ4n) is 7.91. The van der Waals surface area contributed by atoms with Gasteiger partial charge in [0, 0.05) is 19.3 Å². The normalized spacial score (nSPS) is 12.3. The van der Waals surface area contributed by atoms with Gasteiger partial charge in [0.1, 0.15) is 5.78 Å². The third kappa shape index (κ3) is 45.3. The molecule has 4 heteroatoms. The van der Waals surface area contributed by atoms with E-state index in [1.54, 1.807) is 0 Å². The fraction of sp³-hybridized carbons (Fsp3) is 0.885. The summed E-state index contributed by atoms with van der Waals surface area (Å²) in [5, 5.41) is 12.8. The molecule has 0 aromatic heterocycles. The van der Waals surface area contributed by atoms with E-state index >= 15 is 0 Å². The molecule has 0 aliphatic heterocycles. The standard InChI is InChI=1S/C52H99NO3/c1-3-5-7-9-11-13-15-17-19-22-26-30-34-38-42-46-51(55)47-43-39-35-31-27-23-20-24-28-32-36-40-44-48-52(56)53-50(49-54)45-41-37-33-29-25-21-18-16-14-12-10-8-6-4-2/h11,13,17,19,50,54H,3-10,12,14-16,18,20-49H2,1-2H3,(H,53,56). The maximum Gasteiger partial charge on any atom is 0.220 e. The minimum Gasteiger partial charge on any atom is -0.394 e. The molecular weight excluding hydrogens is 687 g/mol. The smallest absolute Gasteiger partial charge is 0.220 e. The average molecular weight is 786 g/mol. The highest BCUT2D eigenvalue weighted by Gasteiger charge is 2.11. The quantitative estimate of drug-likeness (QED) is 0.0477. The lowest BCUT2D eigenvalue weighted by Gasteiger charge is -2.16. The second kappa shape index (κ2) is 48.0. The molecule has 0 saturated carbocycles. The number of hydrogen-bond acceptors (Lipinski definition) is 3. The molecule has 0 aliphatic rings. The summed E-state index contributed by atoms with van der Waals surface area (Å²) in [6.45, 7) is 4.60. The van der Waals surface area contributed by atoms with Gasteiger partial charge >= 0.3 is 0 Å². The summed E-state index contributed by atoms with van der Waals surface area (Å²) in [6.07, 6.45) is 61.1. The highest BCUT2D eigenvalue weighted by molar-refractivity contribution is 5.78. The number of rotatable bonds is 47.